The molecule has 3 aliphatic rings. The summed E-state index contributed by atoms with van der Waals surface area (Å²) in [5.41, 5.74) is 3.13. The number of ether oxygens (including phenoxy) is 1. The molecule has 1 aromatic rings. The van der Waals surface area contributed by atoms with Crippen molar-refractivity contribution < 1.29 is 19.2 Å². The van der Waals surface area contributed by atoms with Crippen molar-refractivity contribution in [3.8, 4) is 5.75 Å². The van der Waals surface area contributed by atoms with Crippen molar-refractivity contribution in [3.05, 3.63) is 56.4 Å². The van der Waals surface area contributed by atoms with Crippen molar-refractivity contribution in [1.29, 1.82) is 0 Å². The molecule has 0 amide bonds. The van der Waals surface area contributed by atoms with Crippen LogP contribution in [-0.4, -0.2) is 35.5 Å². The molecular formula is C25H30N2O5. The molecule has 0 atom stereocenters. The summed E-state index contributed by atoms with van der Waals surface area (Å²) < 4.78 is 5.17. The lowest BCUT2D eigenvalue weighted by Gasteiger charge is -2.47. The molecular weight excluding hydrogens is 408 g/mol. The molecule has 0 saturated carbocycles. The van der Waals surface area contributed by atoms with E-state index in [2.05, 4.69) is 32.6 Å². The first-order valence-corrected chi connectivity index (χ1v) is 10.9. The number of nitrogens with zero attached hydrogens (tertiary/aromatic N) is 2. The van der Waals surface area contributed by atoms with Gasteiger partial charge in [0.1, 0.15) is 0 Å². The fourth-order valence-electron chi connectivity index (χ4n) is 5.53. The third-order valence-corrected chi connectivity index (χ3v) is 6.91. The van der Waals surface area contributed by atoms with E-state index in [4.69, 9.17) is 4.74 Å². The van der Waals surface area contributed by atoms with Gasteiger partial charge in [0.05, 0.1) is 12.0 Å². The molecule has 0 fully saturated rings. The molecule has 1 aliphatic heterocycles. The summed E-state index contributed by atoms with van der Waals surface area (Å²) in [7, 11) is 3.33. The number of rotatable bonds is 3. The van der Waals surface area contributed by atoms with Crippen LogP contribution < -0.4 is 4.74 Å². The summed E-state index contributed by atoms with van der Waals surface area (Å²) in [5.74, 6) is -0.415. The van der Waals surface area contributed by atoms with Crippen molar-refractivity contribution in [3.63, 3.8) is 0 Å². The van der Waals surface area contributed by atoms with Crippen molar-refractivity contribution in [2.75, 3.05) is 14.2 Å². The quantitative estimate of drug-likeness (QED) is 0.492. The van der Waals surface area contributed by atoms with Crippen LogP contribution in [0.4, 0.5) is 5.69 Å². The van der Waals surface area contributed by atoms with Crippen LogP contribution in [0.5, 0.6) is 5.75 Å². The van der Waals surface area contributed by atoms with Crippen LogP contribution in [0, 0.1) is 20.9 Å². The molecule has 7 heteroatoms. The number of nitro benzene ring substituents is 1. The highest BCUT2D eigenvalue weighted by molar-refractivity contribution is 6.06. The van der Waals surface area contributed by atoms with Crippen LogP contribution in [0.3, 0.4) is 0 Å². The minimum absolute atomic E-state index is 0.00996. The maximum Gasteiger partial charge on any atom is 0.311 e. The van der Waals surface area contributed by atoms with Gasteiger partial charge in [0.15, 0.2) is 17.3 Å². The number of Topliss-reactive ketones (excluding diaryl/α,β-unsaturated/α-hetero) is 2. The number of hydrogen-bond acceptors (Lipinski definition) is 6. The number of hydrogen-bond donors (Lipinski definition) is 0. The summed E-state index contributed by atoms with van der Waals surface area (Å²) in [4.78, 5) is 40.2. The Morgan fingerprint density at radius 1 is 0.969 bits per heavy atom. The Balaban J connectivity index is 1.99. The van der Waals surface area contributed by atoms with Crippen molar-refractivity contribution >= 4 is 17.3 Å². The lowest BCUT2D eigenvalue weighted by atomic mass is 9.63. The number of ketones is 2. The second kappa shape index (κ2) is 7.29. The fraction of sp³-hybridized carbons (Fsp3) is 0.520. The van der Waals surface area contributed by atoms with E-state index in [1.54, 1.807) is 12.1 Å². The second-order valence-electron chi connectivity index (χ2n) is 10.8. The van der Waals surface area contributed by atoms with E-state index in [1.807, 2.05) is 7.05 Å². The van der Waals surface area contributed by atoms with Gasteiger partial charge in [0.2, 0.25) is 0 Å². The zero-order valence-corrected chi connectivity index (χ0v) is 19.6. The largest absolute Gasteiger partial charge is 0.490 e. The molecule has 1 heterocycles. The van der Waals surface area contributed by atoms with E-state index in [9.17, 15) is 19.7 Å². The molecule has 170 valence electrons. The Morgan fingerprint density at radius 3 is 1.91 bits per heavy atom. The number of methoxy groups -OCH3 is 1. The molecule has 0 saturated heterocycles. The van der Waals surface area contributed by atoms with Crippen LogP contribution in [0.25, 0.3) is 0 Å². The molecule has 0 radical (unpaired) electrons. The van der Waals surface area contributed by atoms with Gasteiger partial charge in [-0.25, -0.2) is 0 Å². The monoisotopic (exact) mass is 438 g/mol. The van der Waals surface area contributed by atoms with Gasteiger partial charge < -0.3 is 9.64 Å². The predicted molar refractivity (Wildman–Crippen MR) is 120 cm³/mol. The first-order chi connectivity index (χ1) is 14.8. The molecule has 0 aromatic heterocycles. The highest BCUT2D eigenvalue weighted by Gasteiger charge is 2.48. The maximum atomic E-state index is 13.4. The molecule has 0 unspecified atom stereocenters. The number of benzene rings is 1. The minimum Gasteiger partial charge on any atom is -0.490 e. The highest BCUT2D eigenvalue weighted by Crippen LogP contribution is 2.54. The molecule has 2 aliphatic carbocycles. The lowest BCUT2D eigenvalue weighted by molar-refractivity contribution is -0.385. The van der Waals surface area contributed by atoms with Crippen LogP contribution >= 0.6 is 0 Å². The van der Waals surface area contributed by atoms with E-state index >= 15 is 0 Å². The molecule has 1 aromatic carbocycles. The average molecular weight is 439 g/mol. The van der Waals surface area contributed by atoms with Gasteiger partial charge in [-0.1, -0.05) is 33.8 Å². The van der Waals surface area contributed by atoms with Crippen LogP contribution in [0.15, 0.2) is 40.7 Å². The predicted octanol–water partition coefficient (Wildman–Crippen LogP) is 4.92. The van der Waals surface area contributed by atoms with E-state index in [-0.39, 0.29) is 33.8 Å². The molecule has 7 nitrogen and oxygen atoms in total. The van der Waals surface area contributed by atoms with E-state index in [0.29, 0.717) is 42.4 Å². The van der Waals surface area contributed by atoms with E-state index in [0.717, 1.165) is 11.4 Å². The van der Waals surface area contributed by atoms with E-state index < -0.39 is 10.8 Å². The summed E-state index contributed by atoms with van der Waals surface area (Å²) in [6.45, 7) is 8.32. The number of nitro groups is 1. The Hall–Kier alpha value is -2.96. The average Bonchev–Trinajstić information content (AvgIpc) is 2.67. The molecule has 0 bridgehead atoms. The number of carbonyl (C=O) groups excluding carboxylic acids is 2. The highest BCUT2D eigenvalue weighted by atomic mass is 16.6. The smallest absolute Gasteiger partial charge is 0.311 e. The first kappa shape index (κ1) is 22.2. The van der Waals surface area contributed by atoms with Gasteiger partial charge in [0.25, 0.3) is 0 Å². The number of carbonyl (C=O) groups is 2. The zero-order chi connectivity index (χ0) is 23.6. The summed E-state index contributed by atoms with van der Waals surface area (Å²) in [6, 6.07) is 4.77. The lowest BCUT2D eigenvalue weighted by Crippen LogP contribution is -2.43. The van der Waals surface area contributed by atoms with Crippen LogP contribution in [0.2, 0.25) is 0 Å². The Bertz CT molecular complexity index is 1060. The Morgan fingerprint density at radius 2 is 1.47 bits per heavy atom. The zero-order valence-electron chi connectivity index (χ0n) is 19.6. The maximum absolute atomic E-state index is 13.4. The van der Waals surface area contributed by atoms with Crippen molar-refractivity contribution in [2.24, 2.45) is 10.8 Å². The fourth-order valence-corrected chi connectivity index (χ4v) is 5.53. The van der Waals surface area contributed by atoms with Gasteiger partial charge >= 0.3 is 5.69 Å². The molecule has 32 heavy (non-hydrogen) atoms. The molecule has 4 rings (SSSR count). The summed E-state index contributed by atoms with van der Waals surface area (Å²) in [5, 5.41) is 11.7. The van der Waals surface area contributed by atoms with Crippen molar-refractivity contribution in [2.45, 2.75) is 59.3 Å². The van der Waals surface area contributed by atoms with Gasteiger partial charge in [-0.15, -0.1) is 0 Å². The molecule has 0 spiro atoms. The Kier molecular flexibility index (Phi) is 5.07. The minimum atomic E-state index is -0.590. The van der Waals surface area contributed by atoms with Gasteiger partial charge in [-0.3, -0.25) is 19.7 Å². The SMILES string of the molecule is COc1ccc(C2C3=C(CC(C)(C)CC3=O)N(C)C3=C2C(=O)CC(C)(C)C3)cc1[N+](=O)[O-]. The standard InChI is InChI=1S/C25H30N2O5/c1-24(2)10-16-22(18(28)12-24)21(14-7-8-20(32-6)15(9-14)27(30)31)23-17(26(16)5)11-25(3,4)13-19(23)29/h7-9,21H,10-13H2,1-6H3. The summed E-state index contributed by atoms with van der Waals surface area (Å²) in [6.07, 6.45) is 2.20. The van der Waals surface area contributed by atoms with Gasteiger partial charge in [-0.2, -0.15) is 0 Å². The first-order valence-electron chi connectivity index (χ1n) is 10.9. The summed E-state index contributed by atoms with van der Waals surface area (Å²) >= 11 is 0. The van der Waals surface area contributed by atoms with Crippen LogP contribution in [0.1, 0.15) is 64.9 Å². The Labute approximate surface area is 188 Å². The second-order valence-corrected chi connectivity index (χ2v) is 10.8. The third-order valence-electron chi connectivity index (χ3n) is 6.91. The normalized spacial score (nSPS) is 22.6. The number of allylic oxidation sites excluding steroid dienone is 4. The van der Waals surface area contributed by atoms with E-state index in [1.165, 1.54) is 13.2 Å². The van der Waals surface area contributed by atoms with Gasteiger partial charge in [-0.05, 0) is 35.3 Å². The van der Waals surface area contributed by atoms with Gasteiger partial charge in [0, 0.05) is 54.4 Å². The third kappa shape index (κ3) is 3.53. The van der Waals surface area contributed by atoms with Crippen molar-refractivity contribution in [1.82, 2.24) is 4.90 Å². The topological polar surface area (TPSA) is 89.8 Å². The van der Waals surface area contributed by atoms with Crippen LogP contribution in [-0.2, 0) is 9.59 Å². The molecule has 0 N–H and O–H groups in total.